The number of amides is 1. The van der Waals surface area contributed by atoms with Gasteiger partial charge in [0.05, 0.1) is 5.92 Å². The zero-order chi connectivity index (χ0) is 13.0. The lowest BCUT2D eigenvalue weighted by Crippen LogP contribution is -2.35. The summed E-state index contributed by atoms with van der Waals surface area (Å²) in [6.45, 7) is 4.54. The van der Waals surface area contributed by atoms with Gasteiger partial charge in [0.25, 0.3) is 0 Å². The van der Waals surface area contributed by atoms with Crippen molar-refractivity contribution in [2.24, 2.45) is 11.8 Å². The Morgan fingerprint density at radius 1 is 1.39 bits per heavy atom. The van der Waals surface area contributed by atoms with Crippen molar-refractivity contribution in [3.05, 3.63) is 34.9 Å². The second-order valence-electron chi connectivity index (χ2n) is 4.91. The Hall–Kier alpha value is -1.06. The van der Waals surface area contributed by atoms with Gasteiger partial charge in [-0.2, -0.15) is 0 Å². The minimum atomic E-state index is 0.121. The molecule has 0 saturated carbocycles. The van der Waals surface area contributed by atoms with Crippen LogP contribution in [-0.4, -0.2) is 25.5 Å². The zero-order valence-corrected chi connectivity index (χ0v) is 11.3. The summed E-state index contributed by atoms with van der Waals surface area (Å²) in [7, 11) is 0. The van der Waals surface area contributed by atoms with Crippen LogP contribution in [0.15, 0.2) is 24.3 Å². The maximum atomic E-state index is 11.9. The molecule has 0 bridgehead atoms. The number of benzene rings is 1. The first-order chi connectivity index (χ1) is 8.66. The quantitative estimate of drug-likeness (QED) is 0.873. The van der Waals surface area contributed by atoms with E-state index in [1.54, 1.807) is 0 Å². The average Bonchev–Trinajstić information content (AvgIpc) is 2.78. The summed E-state index contributed by atoms with van der Waals surface area (Å²) in [5.74, 6) is 0.720. The molecule has 0 aromatic heterocycles. The van der Waals surface area contributed by atoms with Crippen LogP contribution >= 0.6 is 11.6 Å². The molecule has 1 fully saturated rings. The summed E-state index contributed by atoms with van der Waals surface area (Å²) in [6, 6.07) is 7.74. The lowest BCUT2D eigenvalue weighted by Gasteiger charge is -2.14. The number of hydrogen-bond acceptors (Lipinski definition) is 2. The highest BCUT2D eigenvalue weighted by atomic mass is 35.5. The lowest BCUT2D eigenvalue weighted by atomic mass is 9.97. The minimum Gasteiger partial charge on any atom is -0.355 e. The molecule has 1 saturated heterocycles. The molecule has 3 nitrogen and oxygen atoms in total. The van der Waals surface area contributed by atoms with Crippen molar-refractivity contribution in [3.8, 4) is 0 Å². The first kappa shape index (κ1) is 13.4. The molecular formula is C14H19ClN2O. The smallest absolute Gasteiger partial charge is 0.224 e. The molecule has 2 rings (SSSR count). The van der Waals surface area contributed by atoms with E-state index in [1.165, 1.54) is 5.56 Å². The van der Waals surface area contributed by atoms with Crippen molar-refractivity contribution in [1.29, 1.82) is 0 Å². The van der Waals surface area contributed by atoms with E-state index < -0.39 is 0 Å². The van der Waals surface area contributed by atoms with E-state index in [9.17, 15) is 4.79 Å². The second-order valence-corrected chi connectivity index (χ2v) is 5.35. The molecule has 1 aromatic carbocycles. The van der Waals surface area contributed by atoms with Crippen molar-refractivity contribution in [2.75, 3.05) is 19.6 Å². The Labute approximate surface area is 113 Å². The zero-order valence-electron chi connectivity index (χ0n) is 10.6. The molecule has 1 amide bonds. The van der Waals surface area contributed by atoms with Gasteiger partial charge >= 0.3 is 0 Å². The highest BCUT2D eigenvalue weighted by Gasteiger charge is 2.28. The molecule has 1 aliphatic rings. The van der Waals surface area contributed by atoms with Gasteiger partial charge in [0.15, 0.2) is 0 Å². The van der Waals surface area contributed by atoms with Gasteiger partial charge < -0.3 is 10.6 Å². The Kier molecular flexibility index (Phi) is 4.61. The largest absolute Gasteiger partial charge is 0.355 e. The predicted molar refractivity (Wildman–Crippen MR) is 73.7 cm³/mol. The molecule has 4 heteroatoms. The van der Waals surface area contributed by atoms with E-state index in [4.69, 9.17) is 11.6 Å². The SMILES string of the molecule is C[C@@H]1CNC[C@H]1C(=O)NCCc1ccc(Cl)cc1. The molecular weight excluding hydrogens is 248 g/mol. The maximum absolute atomic E-state index is 11.9. The first-order valence-corrected chi connectivity index (χ1v) is 6.77. The summed E-state index contributed by atoms with van der Waals surface area (Å²) in [5, 5.41) is 6.99. The fourth-order valence-corrected chi connectivity index (χ4v) is 2.40. The molecule has 1 aromatic rings. The average molecular weight is 267 g/mol. The number of nitrogens with one attached hydrogen (secondary N) is 2. The molecule has 0 unspecified atom stereocenters. The summed E-state index contributed by atoms with van der Waals surface area (Å²) in [5.41, 5.74) is 1.19. The Balaban J connectivity index is 1.75. The highest BCUT2D eigenvalue weighted by molar-refractivity contribution is 6.30. The van der Waals surface area contributed by atoms with Gasteiger partial charge in [-0.05, 0) is 36.6 Å². The Morgan fingerprint density at radius 3 is 2.72 bits per heavy atom. The Bertz CT molecular complexity index is 405. The van der Waals surface area contributed by atoms with Crippen LogP contribution < -0.4 is 10.6 Å². The first-order valence-electron chi connectivity index (χ1n) is 6.39. The van der Waals surface area contributed by atoms with Crippen LogP contribution in [0.1, 0.15) is 12.5 Å². The van der Waals surface area contributed by atoms with Crippen LogP contribution in [0.2, 0.25) is 5.02 Å². The van der Waals surface area contributed by atoms with Gasteiger partial charge in [0, 0.05) is 18.1 Å². The van der Waals surface area contributed by atoms with E-state index in [0.717, 1.165) is 24.5 Å². The molecule has 0 spiro atoms. The van der Waals surface area contributed by atoms with Crippen LogP contribution in [0.5, 0.6) is 0 Å². The third-order valence-electron chi connectivity index (χ3n) is 3.48. The van der Waals surface area contributed by atoms with Crippen LogP contribution in [0.3, 0.4) is 0 Å². The number of carbonyl (C=O) groups is 1. The summed E-state index contributed by atoms with van der Waals surface area (Å²) >= 11 is 5.82. The van der Waals surface area contributed by atoms with E-state index in [0.29, 0.717) is 12.5 Å². The minimum absolute atomic E-state index is 0.121. The fraction of sp³-hybridized carbons (Fsp3) is 0.500. The van der Waals surface area contributed by atoms with E-state index in [2.05, 4.69) is 17.6 Å². The highest BCUT2D eigenvalue weighted by Crippen LogP contribution is 2.15. The van der Waals surface area contributed by atoms with Crippen molar-refractivity contribution in [3.63, 3.8) is 0 Å². The topological polar surface area (TPSA) is 41.1 Å². The molecule has 2 N–H and O–H groups in total. The lowest BCUT2D eigenvalue weighted by molar-refractivity contribution is -0.125. The van der Waals surface area contributed by atoms with Crippen LogP contribution in [0.4, 0.5) is 0 Å². The number of halogens is 1. The summed E-state index contributed by atoms with van der Waals surface area (Å²) in [4.78, 5) is 11.9. The molecule has 2 atom stereocenters. The monoisotopic (exact) mass is 266 g/mol. The predicted octanol–water partition coefficient (Wildman–Crippen LogP) is 1.85. The van der Waals surface area contributed by atoms with Gasteiger partial charge in [-0.25, -0.2) is 0 Å². The summed E-state index contributed by atoms with van der Waals surface area (Å²) < 4.78 is 0. The van der Waals surface area contributed by atoms with Crippen molar-refractivity contribution >= 4 is 17.5 Å². The number of carbonyl (C=O) groups excluding carboxylic acids is 1. The van der Waals surface area contributed by atoms with E-state index in [-0.39, 0.29) is 11.8 Å². The van der Waals surface area contributed by atoms with E-state index in [1.807, 2.05) is 24.3 Å². The Morgan fingerprint density at radius 2 is 2.11 bits per heavy atom. The van der Waals surface area contributed by atoms with Gasteiger partial charge in [0.2, 0.25) is 5.91 Å². The molecule has 18 heavy (non-hydrogen) atoms. The van der Waals surface area contributed by atoms with Crippen LogP contribution in [0.25, 0.3) is 0 Å². The van der Waals surface area contributed by atoms with Gasteiger partial charge in [-0.15, -0.1) is 0 Å². The van der Waals surface area contributed by atoms with E-state index >= 15 is 0 Å². The van der Waals surface area contributed by atoms with Crippen molar-refractivity contribution < 1.29 is 4.79 Å². The van der Waals surface area contributed by atoms with Gasteiger partial charge in [-0.1, -0.05) is 30.7 Å². The van der Waals surface area contributed by atoms with Gasteiger partial charge in [0.1, 0.15) is 0 Å². The van der Waals surface area contributed by atoms with Crippen molar-refractivity contribution in [2.45, 2.75) is 13.3 Å². The van der Waals surface area contributed by atoms with Crippen molar-refractivity contribution in [1.82, 2.24) is 10.6 Å². The summed E-state index contributed by atoms with van der Waals surface area (Å²) in [6.07, 6.45) is 0.845. The third kappa shape index (κ3) is 3.47. The third-order valence-corrected chi connectivity index (χ3v) is 3.73. The van der Waals surface area contributed by atoms with Crippen LogP contribution in [-0.2, 0) is 11.2 Å². The second kappa shape index (κ2) is 6.21. The van der Waals surface area contributed by atoms with Gasteiger partial charge in [-0.3, -0.25) is 4.79 Å². The maximum Gasteiger partial charge on any atom is 0.224 e. The molecule has 1 heterocycles. The standard InChI is InChI=1S/C14H19ClN2O/c1-10-8-16-9-13(10)14(18)17-7-6-11-2-4-12(15)5-3-11/h2-5,10,13,16H,6-9H2,1H3,(H,17,18)/t10-,13-/m1/s1. The van der Waals surface area contributed by atoms with Crippen LogP contribution in [0, 0.1) is 11.8 Å². The number of hydrogen-bond donors (Lipinski definition) is 2. The fourth-order valence-electron chi connectivity index (χ4n) is 2.27. The number of rotatable bonds is 4. The molecule has 98 valence electrons. The normalized spacial score (nSPS) is 23.0. The molecule has 0 aliphatic carbocycles. The molecule has 0 radical (unpaired) electrons. The molecule has 1 aliphatic heterocycles.